The molecule has 7 nitrogen and oxygen atoms in total. The molecule has 1 aromatic carbocycles. The minimum absolute atomic E-state index is 0.0699. The number of carbonyl (C=O) groups is 2. The molecule has 0 radical (unpaired) electrons. The number of nitro benzene ring substituents is 1. The van der Waals surface area contributed by atoms with Crippen LogP contribution in [0.4, 0.5) is 5.69 Å². The number of methoxy groups -OCH3 is 1. The molecule has 7 heteroatoms. The number of ether oxygens (including phenoxy) is 1. The van der Waals surface area contributed by atoms with Crippen molar-refractivity contribution in [2.75, 3.05) is 7.11 Å². The Labute approximate surface area is 114 Å². The molecule has 0 aliphatic heterocycles. The molecule has 0 atom stereocenters. The number of esters is 1. The average Bonchev–Trinajstić information content (AvgIpc) is 3.16. The van der Waals surface area contributed by atoms with Crippen LogP contribution in [0.25, 0.3) is 0 Å². The average molecular weight is 279 g/mol. The maximum Gasteiger partial charge on any atom is 0.338 e. The second kappa shape index (κ2) is 4.92. The van der Waals surface area contributed by atoms with Gasteiger partial charge < -0.3 is 9.84 Å². The zero-order valence-corrected chi connectivity index (χ0v) is 10.8. The largest absolute Gasteiger partial charge is 0.481 e. The van der Waals surface area contributed by atoms with E-state index in [9.17, 15) is 19.7 Å². The van der Waals surface area contributed by atoms with Crippen LogP contribution in [-0.4, -0.2) is 29.1 Å². The second-order valence-corrected chi connectivity index (χ2v) is 4.80. The van der Waals surface area contributed by atoms with Crippen LogP contribution in [-0.2, 0) is 14.9 Å². The van der Waals surface area contributed by atoms with Crippen molar-refractivity contribution >= 4 is 17.6 Å². The summed E-state index contributed by atoms with van der Waals surface area (Å²) in [6.07, 6.45) is 0.782. The Hall–Kier alpha value is -2.44. The molecular weight excluding hydrogens is 266 g/mol. The molecule has 1 aliphatic carbocycles. The third-order valence-electron chi connectivity index (χ3n) is 3.52. The van der Waals surface area contributed by atoms with Crippen molar-refractivity contribution in [3.63, 3.8) is 0 Å². The summed E-state index contributed by atoms with van der Waals surface area (Å²) in [7, 11) is 1.18. The van der Waals surface area contributed by atoms with Crippen LogP contribution >= 0.6 is 0 Å². The quantitative estimate of drug-likeness (QED) is 0.501. The summed E-state index contributed by atoms with van der Waals surface area (Å²) in [6.45, 7) is 0. The number of rotatable bonds is 5. The van der Waals surface area contributed by atoms with Crippen LogP contribution in [0.1, 0.15) is 35.2 Å². The summed E-state index contributed by atoms with van der Waals surface area (Å²) in [4.78, 5) is 33.3. The molecule has 0 spiro atoms. The van der Waals surface area contributed by atoms with Crippen molar-refractivity contribution in [1.29, 1.82) is 0 Å². The van der Waals surface area contributed by atoms with Crippen molar-refractivity contribution in [3.8, 4) is 0 Å². The van der Waals surface area contributed by atoms with Crippen LogP contribution in [0.15, 0.2) is 18.2 Å². The van der Waals surface area contributed by atoms with E-state index in [0.717, 1.165) is 0 Å². The molecule has 0 saturated heterocycles. The number of aliphatic carboxylic acids is 1. The number of benzene rings is 1. The van der Waals surface area contributed by atoms with Crippen LogP contribution in [0, 0.1) is 10.1 Å². The first-order valence-electron chi connectivity index (χ1n) is 5.99. The fourth-order valence-electron chi connectivity index (χ4n) is 2.49. The lowest BCUT2D eigenvalue weighted by Gasteiger charge is -2.16. The number of nitrogens with zero attached hydrogens (tertiary/aromatic N) is 1. The summed E-state index contributed by atoms with van der Waals surface area (Å²) in [5.74, 6) is -1.74. The van der Waals surface area contributed by atoms with Crippen molar-refractivity contribution in [2.45, 2.75) is 24.7 Å². The summed E-state index contributed by atoms with van der Waals surface area (Å²) in [5, 5.41) is 20.1. The molecule has 2 rings (SSSR count). The lowest BCUT2D eigenvalue weighted by atomic mass is 9.87. The highest BCUT2D eigenvalue weighted by atomic mass is 16.6. The minimum atomic E-state index is -1.04. The molecule has 20 heavy (non-hydrogen) atoms. The standard InChI is InChI=1S/C13H13NO6/c1-20-12(17)8-3-2-4-9(14(18)19)11(8)13(5-6-13)7-10(15)16/h2-4H,5-7H2,1H3,(H,15,16). The van der Waals surface area contributed by atoms with Crippen LogP contribution < -0.4 is 0 Å². The van der Waals surface area contributed by atoms with Gasteiger partial charge in [0.05, 0.1) is 29.6 Å². The van der Waals surface area contributed by atoms with E-state index >= 15 is 0 Å². The third-order valence-corrected chi connectivity index (χ3v) is 3.52. The molecule has 1 N–H and O–H groups in total. The molecule has 1 aliphatic rings. The molecule has 0 unspecified atom stereocenters. The predicted molar refractivity (Wildman–Crippen MR) is 67.6 cm³/mol. The lowest BCUT2D eigenvalue weighted by Crippen LogP contribution is -2.19. The Kier molecular flexibility index (Phi) is 3.44. The van der Waals surface area contributed by atoms with Crippen molar-refractivity contribution < 1.29 is 24.4 Å². The zero-order valence-electron chi connectivity index (χ0n) is 10.8. The van der Waals surface area contributed by atoms with E-state index in [1.165, 1.54) is 25.3 Å². The highest BCUT2D eigenvalue weighted by Crippen LogP contribution is 2.54. The third kappa shape index (κ3) is 2.34. The summed E-state index contributed by atoms with van der Waals surface area (Å²) >= 11 is 0. The zero-order chi connectivity index (χ0) is 14.9. The minimum Gasteiger partial charge on any atom is -0.481 e. The highest BCUT2D eigenvalue weighted by Gasteiger charge is 2.51. The Morgan fingerprint density at radius 1 is 1.45 bits per heavy atom. The Morgan fingerprint density at radius 3 is 2.55 bits per heavy atom. The van der Waals surface area contributed by atoms with E-state index < -0.39 is 22.3 Å². The number of carboxylic acids is 1. The highest BCUT2D eigenvalue weighted by molar-refractivity contribution is 5.93. The smallest absolute Gasteiger partial charge is 0.338 e. The molecule has 1 fully saturated rings. The van der Waals surface area contributed by atoms with E-state index in [-0.39, 0.29) is 23.2 Å². The number of nitro groups is 1. The van der Waals surface area contributed by atoms with Gasteiger partial charge in [-0.15, -0.1) is 0 Å². The topological polar surface area (TPSA) is 107 Å². The maximum absolute atomic E-state index is 11.8. The van der Waals surface area contributed by atoms with E-state index in [1.54, 1.807) is 0 Å². The lowest BCUT2D eigenvalue weighted by molar-refractivity contribution is -0.385. The number of carbonyl (C=O) groups excluding carboxylic acids is 1. The molecular formula is C13H13NO6. The van der Waals surface area contributed by atoms with Gasteiger partial charge >= 0.3 is 11.9 Å². The Morgan fingerprint density at radius 2 is 2.10 bits per heavy atom. The Balaban J connectivity index is 2.62. The van der Waals surface area contributed by atoms with Crippen molar-refractivity contribution in [3.05, 3.63) is 39.4 Å². The van der Waals surface area contributed by atoms with Gasteiger partial charge in [0.25, 0.3) is 5.69 Å². The number of hydrogen-bond acceptors (Lipinski definition) is 5. The van der Waals surface area contributed by atoms with E-state index in [1.807, 2.05) is 0 Å². The van der Waals surface area contributed by atoms with Crippen LogP contribution in [0.2, 0.25) is 0 Å². The molecule has 1 saturated carbocycles. The first kappa shape index (κ1) is 14.0. The molecule has 1 aromatic rings. The van der Waals surface area contributed by atoms with Gasteiger partial charge in [-0.25, -0.2) is 4.79 Å². The summed E-state index contributed by atoms with van der Waals surface area (Å²) < 4.78 is 4.63. The van der Waals surface area contributed by atoms with Gasteiger partial charge in [0.15, 0.2) is 0 Å². The molecule has 0 bridgehead atoms. The van der Waals surface area contributed by atoms with Crippen molar-refractivity contribution in [2.24, 2.45) is 0 Å². The van der Waals surface area contributed by atoms with Gasteiger partial charge in [0.1, 0.15) is 0 Å². The molecule has 0 heterocycles. The first-order chi connectivity index (χ1) is 9.41. The fraction of sp³-hybridized carbons (Fsp3) is 0.385. The van der Waals surface area contributed by atoms with E-state index in [2.05, 4.69) is 4.74 Å². The molecule has 106 valence electrons. The van der Waals surface area contributed by atoms with Crippen LogP contribution in [0.3, 0.4) is 0 Å². The molecule has 0 amide bonds. The van der Waals surface area contributed by atoms with Crippen LogP contribution in [0.5, 0.6) is 0 Å². The number of carboxylic acid groups (broad SMARTS) is 1. The predicted octanol–water partition coefficient (Wildman–Crippen LogP) is 1.89. The normalized spacial score (nSPS) is 15.4. The maximum atomic E-state index is 11.8. The number of hydrogen-bond donors (Lipinski definition) is 1. The van der Waals surface area contributed by atoms with Crippen molar-refractivity contribution in [1.82, 2.24) is 0 Å². The molecule has 0 aromatic heterocycles. The van der Waals surface area contributed by atoms with Gasteiger partial charge in [-0.2, -0.15) is 0 Å². The second-order valence-electron chi connectivity index (χ2n) is 4.80. The van der Waals surface area contributed by atoms with Gasteiger partial charge in [-0.3, -0.25) is 14.9 Å². The van der Waals surface area contributed by atoms with Gasteiger partial charge in [0, 0.05) is 11.5 Å². The monoisotopic (exact) mass is 279 g/mol. The van der Waals surface area contributed by atoms with E-state index in [0.29, 0.717) is 12.8 Å². The SMILES string of the molecule is COC(=O)c1cccc([N+](=O)[O-])c1C1(CC(=O)O)CC1. The van der Waals surface area contributed by atoms with E-state index in [4.69, 9.17) is 5.11 Å². The fourth-order valence-corrected chi connectivity index (χ4v) is 2.49. The first-order valence-corrected chi connectivity index (χ1v) is 5.99. The summed E-state index contributed by atoms with van der Waals surface area (Å²) in [5.41, 5.74) is -0.815. The van der Waals surface area contributed by atoms with Gasteiger partial charge in [0.2, 0.25) is 0 Å². The summed E-state index contributed by atoms with van der Waals surface area (Å²) in [6, 6.07) is 4.10. The Bertz CT molecular complexity index is 591. The van der Waals surface area contributed by atoms with Gasteiger partial charge in [-0.1, -0.05) is 6.07 Å². The van der Waals surface area contributed by atoms with Gasteiger partial charge in [-0.05, 0) is 18.9 Å².